The van der Waals surface area contributed by atoms with Crippen LogP contribution in [0.15, 0.2) is 63.0 Å². The number of nitrogens with zero attached hydrogens (tertiary/aromatic N) is 5. The van der Waals surface area contributed by atoms with E-state index in [2.05, 4.69) is 78.6 Å². The van der Waals surface area contributed by atoms with Gasteiger partial charge in [-0.1, -0.05) is 68.4 Å². The molecule has 0 atom stereocenters. The molecular formula is C31H38N6OS2. The number of aryl methyl sites for hydroxylation is 3. The van der Waals surface area contributed by atoms with Gasteiger partial charge in [0, 0.05) is 17.6 Å². The minimum absolute atomic E-state index is 0.516. The molecule has 0 aliphatic heterocycles. The molecule has 7 nitrogen and oxygen atoms in total. The maximum Gasteiger partial charge on any atom is 0.232 e. The van der Waals surface area contributed by atoms with Crippen molar-refractivity contribution in [2.45, 2.75) is 70.6 Å². The number of thioether (sulfide) groups is 2. The lowest BCUT2D eigenvalue weighted by atomic mass is 10.0. The largest absolute Gasteiger partial charge is 0.494 e. The summed E-state index contributed by atoms with van der Waals surface area (Å²) < 4.78 is 5.73. The minimum Gasteiger partial charge on any atom is -0.494 e. The number of hydrogen-bond acceptors (Lipinski definition) is 9. The average molecular weight is 575 g/mol. The van der Waals surface area contributed by atoms with Crippen LogP contribution >= 0.6 is 23.5 Å². The van der Waals surface area contributed by atoms with Gasteiger partial charge in [0.25, 0.3) is 0 Å². The predicted molar refractivity (Wildman–Crippen MR) is 170 cm³/mol. The van der Waals surface area contributed by atoms with Crippen molar-refractivity contribution in [2.24, 2.45) is 10.2 Å². The zero-order valence-corrected chi connectivity index (χ0v) is 25.9. The minimum atomic E-state index is 0.516. The Morgan fingerprint density at radius 1 is 0.775 bits per heavy atom. The number of aromatic nitrogens is 3. The fraction of sp³-hybridized carbons (Fsp3) is 0.387. The van der Waals surface area contributed by atoms with Crippen LogP contribution < -0.4 is 10.1 Å². The summed E-state index contributed by atoms with van der Waals surface area (Å²) >= 11 is 3.34. The van der Waals surface area contributed by atoms with E-state index in [0.29, 0.717) is 11.7 Å². The summed E-state index contributed by atoms with van der Waals surface area (Å²) in [6.45, 7) is 10.6. The van der Waals surface area contributed by atoms with Gasteiger partial charge in [0.15, 0.2) is 10.3 Å². The highest BCUT2D eigenvalue weighted by atomic mass is 32.2. The first-order valence-corrected chi connectivity index (χ1v) is 15.8. The second-order valence-electron chi connectivity index (χ2n) is 9.72. The van der Waals surface area contributed by atoms with Gasteiger partial charge in [0.05, 0.1) is 24.2 Å². The van der Waals surface area contributed by atoms with Crippen molar-refractivity contribution in [1.82, 2.24) is 15.0 Å². The number of anilines is 2. The van der Waals surface area contributed by atoms with E-state index in [1.165, 1.54) is 21.9 Å². The van der Waals surface area contributed by atoms with E-state index in [4.69, 9.17) is 14.7 Å². The Bertz CT molecular complexity index is 1460. The first-order valence-electron chi connectivity index (χ1n) is 13.8. The van der Waals surface area contributed by atoms with Crippen molar-refractivity contribution in [2.75, 3.05) is 23.9 Å². The Balaban J connectivity index is 1.60. The number of fused-ring (bicyclic) bond motifs is 1. The third-order valence-electron chi connectivity index (χ3n) is 6.50. The van der Waals surface area contributed by atoms with Crippen molar-refractivity contribution >= 4 is 57.3 Å². The maximum atomic E-state index is 5.73. The van der Waals surface area contributed by atoms with E-state index in [1.54, 1.807) is 30.6 Å². The average Bonchev–Trinajstić information content (AvgIpc) is 2.93. The van der Waals surface area contributed by atoms with Crippen molar-refractivity contribution in [3.05, 3.63) is 59.2 Å². The summed E-state index contributed by atoms with van der Waals surface area (Å²) in [4.78, 5) is 14.1. The number of rotatable bonds is 13. The molecule has 4 rings (SSSR count). The normalized spacial score (nSPS) is 11.4. The molecule has 210 valence electrons. The molecule has 0 saturated carbocycles. The Labute approximate surface area is 246 Å². The summed E-state index contributed by atoms with van der Waals surface area (Å²) in [5, 5.41) is 16.5. The van der Waals surface area contributed by atoms with Crippen LogP contribution in [0.25, 0.3) is 10.8 Å². The number of nitrogens with one attached hydrogen (secondary N) is 1. The first-order chi connectivity index (χ1) is 19.4. The predicted octanol–water partition coefficient (Wildman–Crippen LogP) is 9.90. The molecule has 0 amide bonds. The van der Waals surface area contributed by atoms with E-state index in [1.807, 2.05) is 19.1 Å². The van der Waals surface area contributed by atoms with Crippen LogP contribution in [0.3, 0.4) is 0 Å². The lowest BCUT2D eigenvalue weighted by molar-refractivity contribution is 0.417. The number of azo groups is 1. The quantitative estimate of drug-likeness (QED) is 0.0966. The van der Waals surface area contributed by atoms with Crippen LogP contribution in [0, 0.1) is 20.8 Å². The molecule has 0 unspecified atom stereocenters. The van der Waals surface area contributed by atoms with E-state index in [9.17, 15) is 0 Å². The summed E-state index contributed by atoms with van der Waals surface area (Å²) in [7, 11) is 1.65. The van der Waals surface area contributed by atoms with Gasteiger partial charge in [-0.15, -0.1) is 0 Å². The highest BCUT2D eigenvalue weighted by molar-refractivity contribution is 7.99. The molecule has 4 aromatic rings. The summed E-state index contributed by atoms with van der Waals surface area (Å²) in [5.41, 5.74) is 5.71. The standard InChI is InChI=1S/C31H38N6OS2/c1-7-9-14-39-30-33-29(34-31(35-30)40-15-10-8-2)32-27-17-22(5)26(19-28(27)38-6)37-36-23-16-21(4)24-13-11-12-20(3)25(24)18-23/h11-13,16-19H,7-10,14-15H2,1-6H3,(H,32,33,34,35). The number of unbranched alkanes of at least 4 members (excludes halogenated alkanes) is 2. The summed E-state index contributed by atoms with van der Waals surface area (Å²) in [6.07, 6.45) is 4.53. The van der Waals surface area contributed by atoms with Gasteiger partial charge in [-0.05, 0) is 79.3 Å². The molecule has 1 N–H and O–H groups in total. The van der Waals surface area contributed by atoms with Crippen LogP contribution in [0.4, 0.5) is 23.0 Å². The fourth-order valence-electron chi connectivity index (χ4n) is 4.19. The fourth-order valence-corrected chi connectivity index (χ4v) is 6.08. The molecule has 3 aromatic carbocycles. The number of hydrogen-bond donors (Lipinski definition) is 1. The Morgan fingerprint density at radius 3 is 2.12 bits per heavy atom. The van der Waals surface area contributed by atoms with Crippen LogP contribution in [-0.4, -0.2) is 33.6 Å². The van der Waals surface area contributed by atoms with Gasteiger partial charge in [0.2, 0.25) is 5.95 Å². The van der Waals surface area contributed by atoms with E-state index in [-0.39, 0.29) is 0 Å². The van der Waals surface area contributed by atoms with Crippen LogP contribution in [0.2, 0.25) is 0 Å². The summed E-state index contributed by atoms with van der Waals surface area (Å²) in [6, 6.07) is 14.4. The molecule has 40 heavy (non-hydrogen) atoms. The monoisotopic (exact) mass is 574 g/mol. The van der Waals surface area contributed by atoms with Crippen molar-refractivity contribution < 1.29 is 4.74 Å². The zero-order valence-electron chi connectivity index (χ0n) is 24.2. The molecule has 9 heteroatoms. The molecule has 1 aromatic heterocycles. The number of methoxy groups -OCH3 is 1. The Morgan fingerprint density at radius 2 is 1.48 bits per heavy atom. The topological polar surface area (TPSA) is 84.7 Å². The van der Waals surface area contributed by atoms with Crippen molar-refractivity contribution in [3.8, 4) is 5.75 Å². The molecule has 0 spiro atoms. The van der Waals surface area contributed by atoms with Gasteiger partial charge >= 0.3 is 0 Å². The van der Waals surface area contributed by atoms with Gasteiger partial charge in [-0.25, -0.2) is 0 Å². The van der Waals surface area contributed by atoms with Gasteiger partial charge in [-0.3, -0.25) is 0 Å². The lowest BCUT2D eigenvalue weighted by Crippen LogP contribution is -2.04. The van der Waals surface area contributed by atoms with Gasteiger partial charge in [0.1, 0.15) is 5.75 Å². The lowest BCUT2D eigenvalue weighted by Gasteiger charge is -2.13. The maximum absolute atomic E-state index is 5.73. The van der Waals surface area contributed by atoms with Crippen molar-refractivity contribution in [3.63, 3.8) is 0 Å². The van der Waals surface area contributed by atoms with Gasteiger partial charge in [-0.2, -0.15) is 25.2 Å². The molecule has 0 bridgehead atoms. The van der Waals surface area contributed by atoms with Gasteiger partial charge < -0.3 is 10.1 Å². The second-order valence-corrected chi connectivity index (χ2v) is 11.8. The van der Waals surface area contributed by atoms with Crippen LogP contribution in [-0.2, 0) is 0 Å². The van der Waals surface area contributed by atoms with E-state index < -0.39 is 0 Å². The van der Waals surface area contributed by atoms with E-state index in [0.717, 1.165) is 70.1 Å². The van der Waals surface area contributed by atoms with Crippen LogP contribution in [0.5, 0.6) is 5.75 Å². The third kappa shape index (κ3) is 7.73. The highest BCUT2D eigenvalue weighted by Gasteiger charge is 2.13. The molecule has 0 fully saturated rings. The molecule has 1 heterocycles. The molecule has 0 saturated heterocycles. The smallest absolute Gasteiger partial charge is 0.232 e. The number of benzene rings is 3. The molecule has 0 aliphatic carbocycles. The second kappa shape index (κ2) is 14.5. The Hall–Kier alpha value is -3.17. The number of ether oxygens (including phenoxy) is 1. The SMILES string of the molecule is CCCCSc1nc(Nc2cc(C)c(N=Nc3cc(C)c4cccc(C)c4c3)cc2OC)nc(SCCCC)n1. The zero-order chi connectivity index (χ0) is 28.5. The first kappa shape index (κ1) is 29.8. The van der Waals surface area contributed by atoms with Crippen LogP contribution in [0.1, 0.15) is 56.2 Å². The summed E-state index contributed by atoms with van der Waals surface area (Å²) in [5.74, 6) is 3.13. The van der Waals surface area contributed by atoms with Crippen molar-refractivity contribution in [1.29, 1.82) is 0 Å². The molecule has 0 aliphatic rings. The molecule has 0 radical (unpaired) electrons. The highest BCUT2D eigenvalue weighted by Crippen LogP contribution is 2.36. The Kier molecular flexibility index (Phi) is 10.8. The van der Waals surface area contributed by atoms with E-state index >= 15 is 0 Å². The molecular weight excluding hydrogens is 537 g/mol. The third-order valence-corrected chi connectivity index (χ3v) is 8.36.